The molecule has 1 aliphatic carbocycles. The van der Waals surface area contributed by atoms with Crippen molar-refractivity contribution in [2.75, 3.05) is 11.9 Å². The van der Waals surface area contributed by atoms with Crippen LogP contribution in [0.5, 0.6) is 0 Å². The fraction of sp³-hybridized carbons (Fsp3) is 0.526. The van der Waals surface area contributed by atoms with Crippen molar-refractivity contribution in [2.24, 2.45) is 5.41 Å². The predicted molar refractivity (Wildman–Crippen MR) is 91.0 cm³/mol. The molecule has 3 N–H and O–H groups in total. The number of hydrogen-bond acceptors (Lipinski definition) is 2. The Morgan fingerprint density at radius 1 is 1.32 bits per heavy atom. The Balaban J connectivity index is 2.14. The van der Waals surface area contributed by atoms with Gasteiger partial charge < -0.3 is 10.4 Å². The van der Waals surface area contributed by atoms with E-state index in [4.69, 9.17) is 0 Å². The molecule has 1 aromatic heterocycles. The third kappa shape index (κ3) is 2.82. The zero-order chi connectivity index (χ0) is 15.7. The van der Waals surface area contributed by atoms with Crippen molar-refractivity contribution < 1.29 is 10.1 Å². The summed E-state index contributed by atoms with van der Waals surface area (Å²) in [4.78, 5) is 3.56. The normalized spacial score (nSPS) is 19.9. The number of rotatable bonds is 4. The molecule has 0 aliphatic heterocycles. The van der Waals surface area contributed by atoms with E-state index in [1.807, 2.05) is 0 Å². The lowest BCUT2D eigenvalue weighted by Crippen LogP contribution is -2.32. The molecular weight excluding hydrogens is 272 g/mol. The molecule has 0 saturated carbocycles. The van der Waals surface area contributed by atoms with Gasteiger partial charge in [0.05, 0.1) is 22.7 Å². The van der Waals surface area contributed by atoms with Crippen molar-refractivity contribution in [2.45, 2.75) is 52.6 Å². The Morgan fingerprint density at radius 3 is 2.86 bits per heavy atom. The maximum Gasteiger partial charge on any atom is 0.213 e. The van der Waals surface area contributed by atoms with Gasteiger partial charge in [-0.2, -0.15) is 0 Å². The van der Waals surface area contributed by atoms with Crippen molar-refractivity contribution in [3.05, 3.63) is 35.5 Å². The summed E-state index contributed by atoms with van der Waals surface area (Å²) in [5.41, 5.74) is 4.66. The molecule has 3 rings (SSSR count). The summed E-state index contributed by atoms with van der Waals surface area (Å²) in [6.45, 7) is 7.61. The number of H-pyrrole nitrogens is 1. The zero-order valence-electron chi connectivity index (χ0n) is 13.9. The summed E-state index contributed by atoms with van der Waals surface area (Å²) in [6, 6.07) is 8.37. The van der Waals surface area contributed by atoms with E-state index in [0.29, 0.717) is 0 Å². The minimum Gasteiger partial charge on any atom is -0.388 e. The monoisotopic (exact) mass is 299 g/mol. The fourth-order valence-electron chi connectivity index (χ4n) is 3.60. The van der Waals surface area contributed by atoms with Crippen LogP contribution in [0.1, 0.15) is 57.4 Å². The van der Waals surface area contributed by atoms with Crippen molar-refractivity contribution in [3.8, 4) is 0 Å². The van der Waals surface area contributed by atoms with Crippen LogP contribution in [-0.2, 0) is 6.42 Å². The number of hydrogen-bond donors (Lipinski definition) is 2. The molecule has 0 unspecified atom stereocenters. The first-order chi connectivity index (χ1) is 10.5. The van der Waals surface area contributed by atoms with Crippen LogP contribution in [0.15, 0.2) is 24.3 Å². The maximum absolute atomic E-state index is 10.7. The van der Waals surface area contributed by atoms with E-state index >= 15 is 0 Å². The highest BCUT2D eigenvalue weighted by molar-refractivity contribution is 5.91. The van der Waals surface area contributed by atoms with Crippen LogP contribution in [0.4, 0.5) is 5.69 Å². The maximum atomic E-state index is 10.7. The lowest BCUT2D eigenvalue weighted by molar-refractivity contribution is -0.362. The molecule has 1 atom stereocenters. The number of unbranched alkanes of at least 4 members (excludes halogenated alkanes) is 1. The summed E-state index contributed by atoms with van der Waals surface area (Å²) >= 11 is 0. The van der Waals surface area contributed by atoms with Crippen molar-refractivity contribution in [1.82, 2.24) is 0 Å². The standard InChI is InChI=1S/C19H26N2O/c1-4-5-10-20-18-13-8-6-7-9-14(13)21-15-11-19(2,3)12-16(22)17(15)18/h6-9,16,22H,4-5,10-12H2,1-3H3,(H,20,21)/p+1/t16-/m1/s1. The molecule has 22 heavy (non-hydrogen) atoms. The third-order valence-corrected chi connectivity index (χ3v) is 4.64. The SMILES string of the molecule is CCCCNc1c2c([nH+]c3ccccc13)CC(C)(C)C[C@H]2O. The second-order valence-electron chi connectivity index (χ2n) is 7.28. The van der Waals surface area contributed by atoms with E-state index in [0.717, 1.165) is 42.6 Å². The molecule has 0 saturated heterocycles. The highest BCUT2D eigenvalue weighted by Crippen LogP contribution is 2.43. The molecule has 1 aromatic carbocycles. The number of aromatic nitrogens is 1. The summed E-state index contributed by atoms with van der Waals surface area (Å²) in [7, 11) is 0. The Morgan fingerprint density at radius 2 is 2.09 bits per heavy atom. The lowest BCUT2D eigenvalue weighted by atomic mass is 9.74. The van der Waals surface area contributed by atoms with Gasteiger partial charge in [0, 0.05) is 19.0 Å². The smallest absolute Gasteiger partial charge is 0.213 e. The Bertz CT molecular complexity index is 678. The number of aromatic amines is 1. The van der Waals surface area contributed by atoms with E-state index in [1.165, 1.54) is 17.5 Å². The topological polar surface area (TPSA) is 46.4 Å². The second-order valence-corrected chi connectivity index (χ2v) is 7.28. The Kier molecular flexibility index (Phi) is 4.09. The first-order valence-corrected chi connectivity index (χ1v) is 8.40. The average Bonchev–Trinajstić information content (AvgIpc) is 2.45. The molecule has 2 aromatic rings. The Labute approximate surface area is 132 Å². The molecule has 0 spiro atoms. The van der Waals surface area contributed by atoms with Crippen molar-refractivity contribution >= 4 is 16.6 Å². The third-order valence-electron chi connectivity index (χ3n) is 4.64. The number of anilines is 1. The number of pyridine rings is 1. The van der Waals surface area contributed by atoms with Gasteiger partial charge in [0.25, 0.3) is 0 Å². The Hall–Kier alpha value is -1.61. The van der Waals surface area contributed by atoms with E-state index in [-0.39, 0.29) is 5.41 Å². The minimum absolute atomic E-state index is 0.131. The van der Waals surface area contributed by atoms with Crippen LogP contribution in [0.2, 0.25) is 0 Å². The highest BCUT2D eigenvalue weighted by Gasteiger charge is 2.37. The molecule has 0 fully saturated rings. The molecule has 1 heterocycles. The van der Waals surface area contributed by atoms with E-state index < -0.39 is 6.10 Å². The average molecular weight is 299 g/mol. The molecule has 118 valence electrons. The largest absolute Gasteiger partial charge is 0.388 e. The van der Waals surface area contributed by atoms with Gasteiger partial charge in [0.1, 0.15) is 0 Å². The lowest BCUT2D eigenvalue weighted by Gasteiger charge is -2.33. The number of aliphatic hydroxyl groups is 1. The van der Waals surface area contributed by atoms with Crippen LogP contribution in [0, 0.1) is 5.41 Å². The summed E-state index contributed by atoms with van der Waals surface area (Å²) in [5.74, 6) is 0. The van der Waals surface area contributed by atoms with Gasteiger partial charge in [-0.1, -0.05) is 39.3 Å². The number of nitrogens with one attached hydrogen (secondary N) is 2. The van der Waals surface area contributed by atoms with Gasteiger partial charge in [-0.25, -0.2) is 4.98 Å². The molecule has 0 amide bonds. The van der Waals surface area contributed by atoms with E-state index in [9.17, 15) is 5.11 Å². The summed E-state index contributed by atoms with van der Waals surface area (Å²) < 4.78 is 0. The first kappa shape index (κ1) is 15.3. The predicted octanol–water partition coefficient (Wildman–Crippen LogP) is 3.87. The highest BCUT2D eigenvalue weighted by atomic mass is 16.3. The summed E-state index contributed by atoms with van der Waals surface area (Å²) in [5, 5.41) is 15.5. The molecule has 3 nitrogen and oxygen atoms in total. The number of benzene rings is 1. The molecular formula is C19H27N2O+. The van der Waals surface area contributed by atoms with Crippen molar-refractivity contribution in [3.63, 3.8) is 0 Å². The van der Waals surface area contributed by atoms with Gasteiger partial charge in [0.2, 0.25) is 5.52 Å². The van der Waals surface area contributed by atoms with Crippen LogP contribution < -0.4 is 10.3 Å². The number of aliphatic hydroxyl groups excluding tert-OH is 1. The van der Waals surface area contributed by atoms with Crippen LogP contribution in [0.3, 0.4) is 0 Å². The van der Waals surface area contributed by atoms with Crippen LogP contribution >= 0.6 is 0 Å². The van der Waals surface area contributed by atoms with Gasteiger partial charge in [0.15, 0.2) is 5.69 Å². The van der Waals surface area contributed by atoms with Gasteiger partial charge in [-0.15, -0.1) is 0 Å². The number of para-hydroxylation sites is 1. The second kappa shape index (κ2) is 5.88. The van der Waals surface area contributed by atoms with Crippen molar-refractivity contribution in [1.29, 1.82) is 0 Å². The molecule has 1 aliphatic rings. The van der Waals surface area contributed by atoms with Gasteiger partial charge in [-0.05, 0) is 24.3 Å². The molecule has 0 radical (unpaired) electrons. The van der Waals surface area contributed by atoms with E-state index in [2.05, 4.69) is 55.3 Å². The van der Waals surface area contributed by atoms with Gasteiger partial charge >= 0.3 is 0 Å². The minimum atomic E-state index is -0.399. The van der Waals surface area contributed by atoms with Crippen LogP contribution in [-0.4, -0.2) is 11.7 Å². The quantitative estimate of drug-likeness (QED) is 0.842. The molecule has 3 heteroatoms. The fourth-order valence-corrected chi connectivity index (χ4v) is 3.60. The van der Waals surface area contributed by atoms with Crippen LogP contribution in [0.25, 0.3) is 10.9 Å². The number of fused-ring (bicyclic) bond motifs is 2. The zero-order valence-corrected chi connectivity index (χ0v) is 13.9. The van der Waals surface area contributed by atoms with E-state index in [1.54, 1.807) is 0 Å². The summed E-state index contributed by atoms with van der Waals surface area (Å²) in [6.07, 6.45) is 3.70. The molecule has 0 bridgehead atoms. The first-order valence-electron chi connectivity index (χ1n) is 8.40. The van der Waals surface area contributed by atoms with Gasteiger partial charge in [-0.3, -0.25) is 0 Å².